The fraction of sp³-hybridized carbons (Fsp3) is 0.333. The third-order valence-corrected chi connectivity index (χ3v) is 3.40. The second kappa shape index (κ2) is 7.36. The maximum Gasteiger partial charge on any atom is 0.299 e. The van der Waals surface area contributed by atoms with Crippen molar-refractivity contribution in [3.05, 3.63) is 28.8 Å². The second-order valence-corrected chi connectivity index (χ2v) is 5.63. The van der Waals surface area contributed by atoms with E-state index >= 15 is 0 Å². The van der Waals surface area contributed by atoms with Gasteiger partial charge >= 0.3 is 0 Å². The van der Waals surface area contributed by atoms with Crippen molar-refractivity contribution in [1.29, 1.82) is 0 Å². The highest BCUT2D eigenvalue weighted by Gasteiger charge is 2.11. The minimum Gasteiger partial charge on any atom is -0.320 e. The number of hydrogen-bond acceptors (Lipinski definition) is 3. The summed E-state index contributed by atoms with van der Waals surface area (Å²) in [6, 6.07) is 4.79. The fourth-order valence-electron chi connectivity index (χ4n) is 1.27. The van der Waals surface area contributed by atoms with Crippen LogP contribution in [-0.4, -0.2) is 21.5 Å². The number of rotatable bonds is 5. The lowest BCUT2D eigenvalue weighted by Crippen LogP contribution is -2.30. The van der Waals surface area contributed by atoms with Crippen molar-refractivity contribution in [2.45, 2.75) is 13.3 Å². The number of anilines is 1. The van der Waals surface area contributed by atoms with Gasteiger partial charge in [0.05, 0.1) is 12.2 Å². The van der Waals surface area contributed by atoms with E-state index in [1.807, 2.05) is 6.92 Å². The molecule has 0 saturated heterocycles. The monoisotopic (exact) mass is 301 g/mol. The van der Waals surface area contributed by atoms with E-state index in [2.05, 4.69) is 21.3 Å². The lowest BCUT2D eigenvalue weighted by atomic mass is 10.2. The van der Waals surface area contributed by atoms with Gasteiger partial charge in [-0.2, -0.15) is 13.1 Å². The van der Waals surface area contributed by atoms with Crippen LogP contribution >= 0.6 is 11.6 Å². The van der Waals surface area contributed by atoms with Gasteiger partial charge in [0.25, 0.3) is 10.2 Å². The first-order valence-corrected chi connectivity index (χ1v) is 7.60. The minimum atomic E-state index is -3.62. The van der Waals surface area contributed by atoms with Gasteiger partial charge in [0, 0.05) is 17.1 Å². The van der Waals surface area contributed by atoms with Crippen LogP contribution in [0.2, 0.25) is 5.02 Å². The summed E-state index contributed by atoms with van der Waals surface area (Å²) in [5, 5.41) is 0.423. The van der Waals surface area contributed by atoms with Crippen LogP contribution in [0.25, 0.3) is 0 Å². The Hall–Kier alpha value is -1.26. The first kappa shape index (κ1) is 15.8. The van der Waals surface area contributed by atoms with Gasteiger partial charge in [-0.05, 0) is 24.6 Å². The van der Waals surface area contributed by atoms with Crippen LogP contribution in [0.3, 0.4) is 0 Å². The van der Waals surface area contributed by atoms with Crippen LogP contribution in [0.1, 0.15) is 18.9 Å². The molecule has 0 bridgehead atoms. The maximum absolute atomic E-state index is 11.8. The third kappa shape index (κ3) is 5.49. The van der Waals surface area contributed by atoms with E-state index in [9.17, 15) is 8.42 Å². The van der Waals surface area contributed by atoms with Gasteiger partial charge in [-0.3, -0.25) is 4.72 Å². The predicted octanol–water partition coefficient (Wildman–Crippen LogP) is 1.31. The number of nitrogens with one attached hydrogen (secondary N) is 2. The third-order valence-electron chi connectivity index (χ3n) is 2.09. The Bertz CT molecular complexity index is 591. The molecule has 1 aromatic carbocycles. The fourth-order valence-corrected chi connectivity index (χ4v) is 2.45. The van der Waals surface area contributed by atoms with Crippen molar-refractivity contribution in [2.75, 3.05) is 17.8 Å². The predicted molar refractivity (Wildman–Crippen MR) is 78.2 cm³/mol. The van der Waals surface area contributed by atoms with E-state index in [0.29, 0.717) is 29.2 Å². The molecule has 0 amide bonds. The van der Waals surface area contributed by atoms with E-state index in [1.165, 1.54) is 6.07 Å². The standard InChI is InChI=1S/C12H16ClN3O2S/c1-2-8-15-19(17,18)16-12-9-11(13)6-5-10(12)4-3-7-14/h5-6,9,15-16H,2,7-8,14H2,1H3. The maximum atomic E-state index is 11.8. The van der Waals surface area contributed by atoms with Crippen LogP contribution < -0.4 is 15.2 Å². The molecule has 104 valence electrons. The highest BCUT2D eigenvalue weighted by Crippen LogP contribution is 2.21. The van der Waals surface area contributed by atoms with Crippen molar-refractivity contribution in [1.82, 2.24) is 4.72 Å². The SMILES string of the molecule is CCCNS(=O)(=O)Nc1cc(Cl)ccc1C#CCN. The van der Waals surface area contributed by atoms with Crippen molar-refractivity contribution in [3.8, 4) is 11.8 Å². The largest absolute Gasteiger partial charge is 0.320 e. The van der Waals surface area contributed by atoms with Crippen LogP contribution in [0, 0.1) is 11.8 Å². The number of hydrogen-bond donors (Lipinski definition) is 3. The summed E-state index contributed by atoms with van der Waals surface area (Å²) < 4.78 is 28.3. The first-order valence-electron chi connectivity index (χ1n) is 5.74. The molecule has 0 aliphatic rings. The molecule has 1 aromatic rings. The first-order chi connectivity index (χ1) is 8.98. The summed E-state index contributed by atoms with van der Waals surface area (Å²) in [6.07, 6.45) is 0.705. The zero-order chi connectivity index (χ0) is 14.3. The molecule has 0 aliphatic heterocycles. The molecule has 0 saturated carbocycles. The van der Waals surface area contributed by atoms with Gasteiger partial charge in [-0.25, -0.2) is 0 Å². The average Bonchev–Trinajstić information content (AvgIpc) is 2.35. The molecule has 19 heavy (non-hydrogen) atoms. The molecule has 0 atom stereocenters. The van der Waals surface area contributed by atoms with Gasteiger partial charge < -0.3 is 5.73 Å². The quantitative estimate of drug-likeness (QED) is 0.717. The zero-order valence-electron chi connectivity index (χ0n) is 10.5. The molecule has 1 rings (SSSR count). The van der Waals surface area contributed by atoms with Crippen molar-refractivity contribution in [3.63, 3.8) is 0 Å². The molecule has 0 radical (unpaired) electrons. The van der Waals surface area contributed by atoms with Crippen molar-refractivity contribution >= 4 is 27.5 Å². The molecule has 0 heterocycles. The van der Waals surface area contributed by atoms with Gasteiger partial charge in [0.1, 0.15) is 0 Å². The molecular weight excluding hydrogens is 286 g/mol. The second-order valence-electron chi connectivity index (χ2n) is 3.70. The summed E-state index contributed by atoms with van der Waals surface area (Å²) in [7, 11) is -3.62. The normalized spacial score (nSPS) is 10.7. The van der Waals surface area contributed by atoms with Crippen LogP contribution in [0.15, 0.2) is 18.2 Å². The summed E-state index contributed by atoms with van der Waals surface area (Å²) in [6.45, 7) is 2.43. The molecule has 0 unspecified atom stereocenters. The van der Waals surface area contributed by atoms with Gasteiger partial charge in [0.15, 0.2) is 0 Å². The van der Waals surface area contributed by atoms with Crippen LogP contribution in [-0.2, 0) is 10.2 Å². The van der Waals surface area contributed by atoms with E-state index < -0.39 is 10.2 Å². The number of halogens is 1. The Morgan fingerprint density at radius 2 is 2.16 bits per heavy atom. The number of nitrogens with two attached hydrogens (primary N) is 1. The van der Waals surface area contributed by atoms with E-state index in [1.54, 1.807) is 12.1 Å². The van der Waals surface area contributed by atoms with Crippen LogP contribution in [0.5, 0.6) is 0 Å². The average molecular weight is 302 g/mol. The summed E-state index contributed by atoms with van der Waals surface area (Å²) in [5.74, 6) is 5.46. The Kier molecular flexibility index (Phi) is 6.12. The summed E-state index contributed by atoms with van der Waals surface area (Å²) in [4.78, 5) is 0. The number of benzene rings is 1. The summed E-state index contributed by atoms with van der Waals surface area (Å²) in [5.41, 5.74) is 6.15. The lowest BCUT2D eigenvalue weighted by molar-refractivity contribution is 0.586. The highest BCUT2D eigenvalue weighted by atomic mass is 35.5. The molecule has 4 N–H and O–H groups in total. The highest BCUT2D eigenvalue weighted by molar-refractivity contribution is 7.90. The molecule has 0 aromatic heterocycles. The van der Waals surface area contributed by atoms with Crippen molar-refractivity contribution in [2.24, 2.45) is 5.73 Å². The Morgan fingerprint density at radius 3 is 2.79 bits per heavy atom. The van der Waals surface area contributed by atoms with Gasteiger partial charge in [-0.15, -0.1) is 0 Å². The Balaban J connectivity index is 3.02. The molecule has 0 spiro atoms. The van der Waals surface area contributed by atoms with Gasteiger partial charge in [-0.1, -0.05) is 30.4 Å². The smallest absolute Gasteiger partial charge is 0.299 e. The van der Waals surface area contributed by atoms with E-state index in [4.69, 9.17) is 17.3 Å². The Morgan fingerprint density at radius 1 is 1.42 bits per heavy atom. The minimum absolute atomic E-state index is 0.197. The summed E-state index contributed by atoms with van der Waals surface area (Å²) >= 11 is 5.86. The van der Waals surface area contributed by atoms with Gasteiger partial charge in [0.2, 0.25) is 0 Å². The molecule has 0 aliphatic carbocycles. The van der Waals surface area contributed by atoms with E-state index in [-0.39, 0.29) is 6.54 Å². The zero-order valence-corrected chi connectivity index (χ0v) is 12.1. The topological polar surface area (TPSA) is 84.2 Å². The molecular formula is C12H16ClN3O2S. The Labute approximate surface area is 118 Å². The van der Waals surface area contributed by atoms with Crippen LogP contribution in [0.4, 0.5) is 5.69 Å². The molecule has 5 nitrogen and oxygen atoms in total. The van der Waals surface area contributed by atoms with Crippen molar-refractivity contribution < 1.29 is 8.42 Å². The van der Waals surface area contributed by atoms with E-state index in [0.717, 1.165) is 0 Å². The molecule has 0 fully saturated rings. The lowest BCUT2D eigenvalue weighted by Gasteiger charge is -2.10. The molecule has 7 heteroatoms.